The molecule has 0 aromatic heterocycles. The van der Waals surface area contributed by atoms with Gasteiger partial charge in [-0.25, -0.2) is 0 Å². The SMILES string of the molecule is COCCOc1ccc(NCc2ccc(OCCC(C)C)cc2)cc1. The minimum Gasteiger partial charge on any atom is -0.494 e. The number of methoxy groups -OCH3 is 1. The fraction of sp³-hybridized carbons (Fsp3) is 0.429. The summed E-state index contributed by atoms with van der Waals surface area (Å²) in [4.78, 5) is 0. The first-order valence-corrected chi connectivity index (χ1v) is 8.85. The lowest BCUT2D eigenvalue weighted by Crippen LogP contribution is -2.04. The molecule has 136 valence electrons. The first-order valence-electron chi connectivity index (χ1n) is 8.85. The fourth-order valence-corrected chi connectivity index (χ4v) is 2.23. The van der Waals surface area contributed by atoms with Crippen molar-refractivity contribution >= 4 is 5.69 Å². The van der Waals surface area contributed by atoms with Gasteiger partial charge in [0.25, 0.3) is 0 Å². The summed E-state index contributed by atoms with van der Waals surface area (Å²) in [5.41, 5.74) is 2.29. The lowest BCUT2D eigenvalue weighted by Gasteiger charge is -2.10. The average Bonchev–Trinajstić information content (AvgIpc) is 2.62. The van der Waals surface area contributed by atoms with Crippen molar-refractivity contribution in [2.75, 3.05) is 32.2 Å². The second-order valence-corrected chi connectivity index (χ2v) is 6.39. The molecule has 0 unspecified atom stereocenters. The lowest BCUT2D eigenvalue weighted by molar-refractivity contribution is 0.146. The van der Waals surface area contributed by atoms with Crippen LogP contribution in [0.4, 0.5) is 5.69 Å². The lowest BCUT2D eigenvalue weighted by atomic mass is 10.1. The maximum Gasteiger partial charge on any atom is 0.119 e. The maximum absolute atomic E-state index is 5.74. The van der Waals surface area contributed by atoms with Crippen LogP contribution in [-0.2, 0) is 11.3 Å². The van der Waals surface area contributed by atoms with E-state index in [0.717, 1.165) is 36.8 Å². The van der Waals surface area contributed by atoms with Crippen LogP contribution in [0.2, 0.25) is 0 Å². The summed E-state index contributed by atoms with van der Waals surface area (Å²) >= 11 is 0. The van der Waals surface area contributed by atoms with Crippen LogP contribution in [0.3, 0.4) is 0 Å². The largest absolute Gasteiger partial charge is 0.494 e. The molecule has 0 heterocycles. The van der Waals surface area contributed by atoms with Gasteiger partial charge in [-0.15, -0.1) is 0 Å². The van der Waals surface area contributed by atoms with Crippen LogP contribution in [0.15, 0.2) is 48.5 Å². The normalized spacial score (nSPS) is 10.7. The van der Waals surface area contributed by atoms with Crippen LogP contribution in [0, 0.1) is 5.92 Å². The molecule has 2 aromatic rings. The van der Waals surface area contributed by atoms with Gasteiger partial charge in [-0.2, -0.15) is 0 Å². The highest BCUT2D eigenvalue weighted by atomic mass is 16.5. The van der Waals surface area contributed by atoms with Crippen molar-refractivity contribution < 1.29 is 14.2 Å². The minimum atomic E-state index is 0.564. The van der Waals surface area contributed by atoms with Gasteiger partial charge in [-0.3, -0.25) is 0 Å². The third kappa shape index (κ3) is 7.48. The number of benzene rings is 2. The Morgan fingerprint density at radius 2 is 1.40 bits per heavy atom. The van der Waals surface area contributed by atoms with Crippen molar-refractivity contribution in [3.05, 3.63) is 54.1 Å². The van der Waals surface area contributed by atoms with E-state index >= 15 is 0 Å². The van der Waals surface area contributed by atoms with Crippen molar-refractivity contribution in [3.8, 4) is 11.5 Å². The molecule has 0 radical (unpaired) electrons. The van der Waals surface area contributed by atoms with Gasteiger partial charge in [0.2, 0.25) is 0 Å². The molecule has 0 fully saturated rings. The number of ether oxygens (including phenoxy) is 3. The molecule has 0 bridgehead atoms. The number of nitrogens with one attached hydrogen (secondary N) is 1. The molecule has 0 aliphatic carbocycles. The summed E-state index contributed by atoms with van der Waals surface area (Å²) in [5, 5.41) is 3.41. The topological polar surface area (TPSA) is 39.7 Å². The maximum atomic E-state index is 5.74. The molecule has 0 saturated carbocycles. The second kappa shape index (κ2) is 10.6. The predicted molar refractivity (Wildman–Crippen MR) is 103 cm³/mol. The molecule has 2 aromatic carbocycles. The first-order chi connectivity index (χ1) is 12.2. The molecule has 4 nitrogen and oxygen atoms in total. The zero-order valence-electron chi connectivity index (χ0n) is 15.5. The van der Waals surface area contributed by atoms with Crippen molar-refractivity contribution in [1.82, 2.24) is 0 Å². The summed E-state index contributed by atoms with van der Waals surface area (Å²) in [6.45, 7) is 7.11. The molecule has 25 heavy (non-hydrogen) atoms. The Morgan fingerprint density at radius 1 is 0.800 bits per heavy atom. The monoisotopic (exact) mass is 343 g/mol. The average molecular weight is 343 g/mol. The van der Waals surface area contributed by atoms with Crippen molar-refractivity contribution in [3.63, 3.8) is 0 Å². The van der Waals surface area contributed by atoms with Crippen molar-refractivity contribution in [2.24, 2.45) is 5.92 Å². The van der Waals surface area contributed by atoms with Gasteiger partial charge in [0.15, 0.2) is 0 Å². The van der Waals surface area contributed by atoms with Crippen LogP contribution < -0.4 is 14.8 Å². The molecule has 0 spiro atoms. The van der Waals surface area contributed by atoms with E-state index in [-0.39, 0.29) is 0 Å². The van der Waals surface area contributed by atoms with Crippen molar-refractivity contribution in [1.29, 1.82) is 0 Å². The van der Waals surface area contributed by atoms with E-state index in [2.05, 4.69) is 31.3 Å². The van der Waals surface area contributed by atoms with Gasteiger partial charge < -0.3 is 19.5 Å². The summed E-state index contributed by atoms with van der Waals surface area (Å²) in [7, 11) is 1.67. The van der Waals surface area contributed by atoms with Crippen molar-refractivity contribution in [2.45, 2.75) is 26.8 Å². The summed E-state index contributed by atoms with van der Waals surface area (Å²) in [6, 6.07) is 16.2. The Bertz CT molecular complexity index is 594. The van der Waals surface area contributed by atoms with Gasteiger partial charge in [0.1, 0.15) is 18.1 Å². The van der Waals surface area contributed by atoms with E-state index in [1.54, 1.807) is 7.11 Å². The smallest absolute Gasteiger partial charge is 0.119 e. The molecule has 0 aliphatic heterocycles. The van der Waals surface area contributed by atoms with E-state index in [9.17, 15) is 0 Å². The third-order valence-electron chi connectivity index (χ3n) is 3.79. The molecule has 0 atom stereocenters. The highest BCUT2D eigenvalue weighted by Crippen LogP contribution is 2.18. The quantitative estimate of drug-likeness (QED) is 0.598. The van der Waals surface area contributed by atoms with Gasteiger partial charge in [-0.05, 0) is 54.3 Å². The Kier molecular flexibility index (Phi) is 8.13. The molecule has 1 N–H and O–H groups in total. The molecular formula is C21H29NO3. The molecular weight excluding hydrogens is 314 g/mol. The molecule has 2 rings (SSSR count). The second-order valence-electron chi connectivity index (χ2n) is 6.39. The Hall–Kier alpha value is -2.20. The summed E-state index contributed by atoms with van der Waals surface area (Å²) in [6.07, 6.45) is 1.08. The molecule has 0 amide bonds. The zero-order chi connectivity index (χ0) is 17.9. The number of rotatable bonds is 11. The fourth-order valence-electron chi connectivity index (χ4n) is 2.23. The zero-order valence-corrected chi connectivity index (χ0v) is 15.5. The third-order valence-corrected chi connectivity index (χ3v) is 3.79. The van der Waals surface area contributed by atoms with Crippen LogP contribution in [-0.4, -0.2) is 26.9 Å². The summed E-state index contributed by atoms with van der Waals surface area (Å²) < 4.78 is 16.3. The molecule has 0 saturated heterocycles. The Morgan fingerprint density at radius 3 is 2.00 bits per heavy atom. The van der Waals surface area contributed by atoms with Gasteiger partial charge in [0, 0.05) is 19.3 Å². The molecule has 4 heteroatoms. The Balaban J connectivity index is 1.75. The van der Waals surface area contributed by atoms with E-state index in [4.69, 9.17) is 14.2 Å². The number of anilines is 1. The van der Waals surface area contributed by atoms with E-state index in [0.29, 0.717) is 19.1 Å². The van der Waals surface area contributed by atoms with Crippen LogP contribution in [0.5, 0.6) is 11.5 Å². The van der Waals surface area contributed by atoms with Gasteiger partial charge in [0.05, 0.1) is 13.2 Å². The predicted octanol–water partition coefficient (Wildman–Crippen LogP) is 4.75. The highest BCUT2D eigenvalue weighted by molar-refractivity contribution is 5.47. The number of hydrogen-bond donors (Lipinski definition) is 1. The van der Waals surface area contributed by atoms with E-state index < -0.39 is 0 Å². The van der Waals surface area contributed by atoms with E-state index in [1.165, 1.54) is 5.56 Å². The van der Waals surface area contributed by atoms with E-state index in [1.807, 2.05) is 36.4 Å². The highest BCUT2D eigenvalue weighted by Gasteiger charge is 1.99. The van der Waals surface area contributed by atoms with Crippen LogP contribution in [0.1, 0.15) is 25.8 Å². The first kappa shape index (κ1) is 19.1. The Labute approximate surface area is 151 Å². The molecule has 0 aliphatic rings. The standard InChI is InChI=1S/C21H29NO3/c1-17(2)12-13-24-20-8-4-18(5-9-20)16-22-19-6-10-21(11-7-19)25-15-14-23-3/h4-11,17,22H,12-16H2,1-3H3. The van der Waals surface area contributed by atoms with Crippen LogP contribution >= 0.6 is 0 Å². The van der Waals surface area contributed by atoms with Gasteiger partial charge in [-0.1, -0.05) is 26.0 Å². The number of hydrogen-bond acceptors (Lipinski definition) is 4. The van der Waals surface area contributed by atoms with Crippen LogP contribution in [0.25, 0.3) is 0 Å². The summed E-state index contributed by atoms with van der Waals surface area (Å²) in [5.74, 6) is 2.45. The van der Waals surface area contributed by atoms with Gasteiger partial charge >= 0.3 is 0 Å². The minimum absolute atomic E-state index is 0.564.